The zero-order valence-electron chi connectivity index (χ0n) is 32.5. The number of benzene rings is 5. The highest BCUT2D eigenvalue weighted by Crippen LogP contribution is 2.43. The van der Waals surface area contributed by atoms with Crippen molar-refractivity contribution in [1.82, 2.24) is 15.5 Å². The maximum Gasteiger partial charge on any atom is 0.220 e. The normalized spacial score (nSPS) is 18.9. The Balaban J connectivity index is 1.16. The summed E-state index contributed by atoms with van der Waals surface area (Å²) in [7, 11) is 2.16. The second-order valence-corrected chi connectivity index (χ2v) is 14.9. The van der Waals surface area contributed by atoms with E-state index in [-0.39, 0.29) is 42.6 Å². The Morgan fingerprint density at radius 3 is 2.27 bits per heavy atom. The van der Waals surface area contributed by atoms with E-state index in [1.807, 2.05) is 30.3 Å². The predicted octanol–water partition coefficient (Wildman–Crippen LogP) is 8.80. The summed E-state index contributed by atoms with van der Waals surface area (Å²) in [6.45, 7) is 7.77. The number of nitrogens with zero attached hydrogens (tertiary/aromatic N) is 1. The van der Waals surface area contributed by atoms with Crippen molar-refractivity contribution in [1.29, 1.82) is 0 Å². The molecule has 288 valence electrons. The predicted molar refractivity (Wildman–Crippen MR) is 219 cm³/mol. The number of carbonyl (C=O) groups excluding carboxylic acids is 2. The van der Waals surface area contributed by atoms with E-state index in [0.29, 0.717) is 26.1 Å². The van der Waals surface area contributed by atoms with Gasteiger partial charge in [-0.15, -0.1) is 0 Å². The topological polar surface area (TPSA) is 100 Å². The van der Waals surface area contributed by atoms with Gasteiger partial charge in [-0.2, -0.15) is 0 Å². The number of amides is 2. The largest absolute Gasteiger partial charge is 0.392 e. The van der Waals surface area contributed by atoms with Crippen LogP contribution in [0, 0.1) is 5.92 Å². The molecule has 5 aromatic rings. The van der Waals surface area contributed by atoms with Crippen molar-refractivity contribution in [2.75, 3.05) is 20.1 Å². The van der Waals surface area contributed by atoms with Crippen LogP contribution in [0.4, 0.5) is 0 Å². The molecule has 0 aliphatic carbocycles. The van der Waals surface area contributed by atoms with Crippen molar-refractivity contribution in [3.8, 4) is 11.1 Å². The van der Waals surface area contributed by atoms with Gasteiger partial charge in [-0.25, -0.2) is 0 Å². The molecular weight excluding hydrogens is 687 g/mol. The monoisotopic (exact) mass is 741 g/mol. The molecule has 1 aliphatic heterocycles. The van der Waals surface area contributed by atoms with Crippen LogP contribution in [-0.4, -0.2) is 48.1 Å². The summed E-state index contributed by atoms with van der Waals surface area (Å²) in [4.78, 5) is 25.9. The maximum atomic E-state index is 12.5. The molecule has 5 aromatic carbocycles. The molecule has 0 saturated carbocycles. The molecule has 2 amide bonds. The first-order valence-corrected chi connectivity index (χ1v) is 19.6. The fraction of sp³-hybridized carbons (Fsp3) is 0.362. The molecule has 8 nitrogen and oxygen atoms in total. The molecule has 1 heterocycles. The van der Waals surface area contributed by atoms with Gasteiger partial charge in [0.2, 0.25) is 11.8 Å². The summed E-state index contributed by atoms with van der Waals surface area (Å²) in [5, 5.41) is 18.0. The molecule has 0 aromatic heterocycles. The first-order chi connectivity index (χ1) is 26.7. The third-order valence-corrected chi connectivity index (χ3v) is 10.9. The van der Waals surface area contributed by atoms with Gasteiger partial charge in [-0.1, -0.05) is 110 Å². The number of unbranched alkanes of at least 4 members (excludes halogenated alkanes) is 2. The van der Waals surface area contributed by atoms with Crippen LogP contribution in [0.1, 0.15) is 92.7 Å². The van der Waals surface area contributed by atoms with Crippen molar-refractivity contribution >= 4 is 22.6 Å². The zero-order chi connectivity index (χ0) is 38.7. The molecule has 3 N–H and O–H groups in total. The fourth-order valence-electron chi connectivity index (χ4n) is 7.36. The first kappa shape index (κ1) is 39.8. The van der Waals surface area contributed by atoms with Crippen LogP contribution in [0.5, 0.6) is 0 Å². The summed E-state index contributed by atoms with van der Waals surface area (Å²) >= 11 is 0. The summed E-state index contributed by atoms with van der Waals surface area (Å²) < 4.78 is 13.7. The van der Waals surface area contributed by atoms with E-state index >= 15 is 0 Å². The summed E-state index contributed by atoms with van der Waals surface area (Å²) in [6, 6.07) is 40.0. The number of rotatable bonds is 16. The Morgan fingerprint density at radius 2 is 1.51 bits per heavy atom. The lowest BCUT2D eigenvalue weighted by Crippen LogP contribution is -2.44. The molecule has 0 bridgehead atoms. The molecule has 6 rings (SSSR count). The zero-order valence-corrected chi connectivity index (χ0v) is 32.5. The standard InChI is InChI=1S/C47H55N3O5/c1-32-44(30-50(4)33(2)39-24-23-37-13-7-8-14-41(37)27-39)54-47(55-46(32)38-21-19-35(31-51)20-22-38)43-17-11-16-42(28-43)40-15-10-12-36(26-40)29-49-45(53)18-6-5-9-25-48-34(3)52/h7-8,10-17,19-24,26-28,32-33,44,46-47,51H,5-6,9,18,25,29-31H2,1-4H3,(H,48,52)(H,49,53)/t32-,33-,44+,46+,47+/m1/s1. The van der Waals surface area contributed by atoms with E-state index in [1.165, 1.54) is 23.3 Å². The van der Waals surface area contributed by atoms with E-state index in [1.54, 1.807) is 0 Å². The van der Waals surface area contributed by atoms with Gasteiger partial charge in [0.1, 0.15) is 0 Å². The molecule has 0 spiro atoms. The van der Waals surface area contributed by atoms with Gasteiger partial charge < -0.3 is 25.2 Å². The lowest BCUT2D eigenvalue weighted by Gasteiger charge is -2.43. The van der Waals surface area contributed by atoms with Gasteiger partial charge in [-0.3, -0.25) is 14.5 Å². The highest BCUT2D eigenvalue weighted by molar-refractivity contribution is 5.83. The number of hydrogen-bond donors (Lipinski definition) is 3. The van der Waals surface area contributed by atoms with Gasteiger partial charge in [-0.05, 0) is 89.2 Å². The summed E-state index contributed by atoms with van der Waals surface area (Å²) in [6.07, 6.45) is 2.09. The molecule has 5 atom stereocenters. The lowest BCUT2D eigenvalue weighted by atomic mass is 9.89. The number of aliphatic hydroxyl groups is 1. The Bertz CT molecular complexity index is 2030. The van der Waals surface area contributed by atoms with Crippen LogP contribution in [-0.2, 0) is 32.2 Å². The quantitative estimate of drug-likeness (QED) is 0.0875. The highest BCUT2D eigenvalue weighted by atomic mass is 16.7. The molecule has 0 radical (unpaired) electrons. The number of fused-ring (bicyclic) bond motifs is 1. The average molecular weight is 742 g/mol. The van der Waals surface area contributed by atoms with Crippen LogP contribution in [0.25, 0.3) is 21.9 Å². The van der Waals surface area contributed by atoms with Gasteiger partial charge in [0.25, 0.3) is 0 Å². The van der Waals surface area contributed by atoms with Crippen molar-refractivity contribution in [2.45, 2.75) is 84.1 Å². The van der Waals surface area contributed by atoms with Crippen LogP contribution >= 0.6 is 0 Å². The van der Waals surface area contributed by atoms with E-state index in [0.717, 1.165) is 52.6 Å². The molecular formula is C47H55N3O5. The van der Waals surface area contributed by atoms with E-state index in [4.69, 9.17) is 9.47 Å². The van der Waals surface area contributed by atoms with Gasteiger partial charge >= 0.3 is 0 Å². The molecule has 8 heteroatoms. The second-order valence-electron chi connectivity index (χ2n) is 14.9. The highest BCUT2D eigenvalue weighted by Gasteiger charge is 2.39. The summed E-state index contributed by atoms with van der Waals surface area (Å²) in [5.41, 5.74) is 7.24. The SMILES string of the molecule is CC(=O)NCCCCCC(=O)NCc1cccc(-c2cccc([C@H]3O[C@@H](CN(C)[C@H](C)c4ccc5ccccc5c4)[C@@H](C)[C@@H](c4ccc(CO)cc4)O3)c2)c1. The Kier molecular flexibility index (Phi) is 13.9. The lowest BCUT2D eigenvalue weighted by molar-refractivity contribution is -0.276. The Labute approximate surface area is 325 Å². The number of ether oxygens (including phenoxy) is 2. The van der Waals surface area contributed by atoms with Crippen molar-refractivity contribution in [3.63, 3.8) is 0 Å². The minimum Gasteiger partial charge on any atom is -0.392 e. The minimum absolute atomic E-state index is 0.00430. The second kappa shape index (κ2) is 19.1. The van der Waals surface area contributed by atoms with Gasteiger partial charge in [0, 0.05) is 50.5 Å². The first-order valence-electron chi connectivity index (χ1n) is 19.6. The number of carbonyl (C=O) groups is 2. The average Bonchev–Trinajstić information content (AvgIpc) is 3.21. The summed E-state index contributed by atoms with van der Waals surface area (Å²) in [5.74, 6) is 0.0595. The minimum atomic E-state index is -0.589. The van der Waals surface area contributed by atoms with E-state index in [2.05, 4.69) is 121 Å². The number of hydrogen-bond acceptors (Lipinski definition) is 6. The van der Waals surface area contributed by atoms with E-state index < -0.39 is 6.29 Å². The van der Waals surface area contributed by atoms with Crippen molar-refractivity contribution < 1.29 is 24.2 Å². The van der Waals surface area contributed by atoms with Crippen LogP contribution in [0.15, 0.2) is 115 Å². The number of nitrogens with one attached hydrogen (secondary N) is 2. The van der Waals surface area contributed by atoms with Crippen molar-refractivity contribution in [3.05, 3.63) is 143 Å². The fourth-order valence-corrected chi connectivity index (χ4v) is 7.36. The van der Waals surface area contributed by atoms with Crippen molar-refractivity contribution in [2.24, 2.45) is 5.92 Å². The molecule has 55 heavy (non-hydrogen) atoms. The molecule has 1 saturated heterocycles. The number of likely N-dealkylation sites (N-methyl/N-ethyl adjacent to an activating group) is 1. The smallest absolute Gasteiger partial charge is 0.220 e. The maximum absolute atomic E-state index is 12.5. The molecule has 1 fully saturated rings. The third kappa shape index (κ3) is 10.7. The van der Waals surface area contributed by atoms with Crippen LogP contribution in [0.3, 0.4) is 0 Å². The van der Waals surface area contributed by atoms with Gasteiger partial charge in [0.15, 0.2) is 6.29 Å². The molecule has 0 unspecified atom stereocenters. The van der Waals surface area contributed by atoms with Gasteiger partial charge in [0.05, 0.1) is 18.8 Å². The van der Waals surface area contributed by atoms with E-state index in [9.17, 15) is 14.7 Å². The molecule has 1 aliphatic rings. The van der Waals surface area contributed by atoms with Crippen LogP contribution in [0.2, 0.25) is 0 Å². The Morgan fingerprint density at radius 1 is 0.764 bits per heavy atom. The number of aliphatic hydroxyl groups excluding tert-OH is 1. The third-order valence-electron chi connectivity index (χ3n) is 10.9. The van der Waals surface area contributed by atoms with Crippen LogP contribution < -0.4 is 10.6 Å². The Hall–Kier alpha value is -4.86.